The molecule has 0 spiro atoms. The lowest BCUT2D eigenvalue weighted by Crippen LogP contribution is -2.35. The number of anilines is 1. The molecular formula is C9H13BN2O4S. The predicted molar refractivity (Wildman–Crippen MR) is 67.0 cm³/mol. The van der Waals surface area contributed by atoms with Gasteiger partial charge in [0.15, 0.2) is 0 Å². The summed E-state index contributed by atoms with van der Waals surface area (Å²) in [4.78, 5) is 15.4. The van der Waals surface area contributed by atoms with Gasteiger partial charge in [0.1, 0.15) is 13.5 Å². The number of nitrogens with zero attached hydrogens (tertiary/aromatic N) is 2. The molecule has 1 amide bonds. The summed E-state index contributed by atoms with van der Waals surface area (Å²) in [7, 11) is -0.593. The van der Waals surface area contributed by atoms with Crippen LogP contribution in [0.2, 0.25) is 0 Å². The molecule has 0 atom stereocenters. The number of amides is 1. The van der Waals surface area contributed by atoms with Crippen molar-refractivity contribution < 1.29 is 17.9 Å². The van der Waals surface area contributed by atoms with Crippen LogP contribution >= 0.6 is 0 Å². The number of ether oxygens (including phenoxy) is 1. The van der Waals surface area contributed by atoms with Crippen molar-refractivity contribution in [3.05, 3.63) is 12.3 Å². The highest BCUT2D eigenvalue weighted by Gasteiger charge is 2.25. The highest BCUT2D eigenvalue weighted by Crippen LogP contribution is 2.26. The van der Waals surface area contributed by atoms with Crippen LogP contribution in [-0.4, -0.2) is 40.5 Å². The maximum absolute atomic E-state index is 11.6. The molecule has 8 heteroatoms. The van der Waals surface area contributed by atoms with E-state index < -0.39 is 15.9 Å². The predicted octanol–water partition coefficient (Wildman–Crippen LogP) is -1.34. The van der Waals surface area contributed by atoms with Gasteiger partial charge in [0.05, 0.1) is 13.4 Å². The van der Waals surface area contributed by atoms with Crippen molar-refractivity contribution in [2.75, 3.05) is 17.7 Å². The molecule has 17 heavy (non-hydrogen) atoms. The molecule has 0 aliphatic rings. The Labute approximate surface area is 101 Å². The van der Waals surface area contributed by atoms with E-state index in [1.165, 1.54) is 26.3 Å². The Balaban J connectivity index is 3.48. The largest absolute Gasteiger partial charge is 0.479 e. The molecule has 0 bridgehead atoms. The first kappa shape index (κ1) is 13.5. The fourth-order valence-electron chi connectivity index (χ4n) is 1.43. The van der Waals surface area contributed by atoms with Gasteiger partial charge in [-0.3, -0.25) is 4.79 Å². The topological polar surface area (TPSA) is 76.6 Å². The summed E-state index contributed by atoms with van der Waals surface area (Å²) in [6.07, 6.45) is 2.49. The van der Waals surface area contributed by atoms with Crippen LogP contribution in [-0.2, 0) is 14.8 Å². The molecule has 1 aromatic rings. The maximum Gasteiger partial charge on any atom is 0.238 e. The lowest BCUT2D eigenvalue weighted by molar-refractivity contribution is -0.115. The highest BCUT2D eigenvalue weighted by molar-refractivity contribution is 7.92. The average molecular weight is 256 g/mol. The second kappa shape index (κ2) is 4.74. The van der Waals surface area contributed by atoms with Gasteiger partial charge < -0.3 is 4.74 Å². The molecule has 0 aliphatic carbocycles. The quantitative estimate of drug-likeness (QED) is 0.626. The fraction of sp³-hybridized carbons (Fsp3) is 0.333. The van der Waals surface area contributed by atoms with E-state index in [9.17, 15) is 13.2 Å². The van der Waals surface area contributed by atoms with Crippen molar-refractivity contribution >= 4 is 34.9 Å². The van der Waals surface area contributed by atoms with Crippen LogP contribution in [0, 0.1) is 0 Å². The molecule has 0 aliphatic heterocycles. The van der Waals surface area contributed by atoms with E-state index in [-0.39, 0.29) is 11.6 Å². The second-order valence-electron chi connectivity index (χ2n) is 3.59. The lowest BCUT2D eigenvalue weighted by atomic mass is 9.98. The minimum Gasteiger partial charge on any atom is -0.479 e. The number of hydrogen-bond acceptors (Lipinski definition) is 5. The van der Waals surface area contributed by atoms with Crippen molar-refractivity contribution in [1.29, 1.82) is 0 Å². The zero-order valence-corrected chi connectivity index (χ0v) is 10.9. The average Bonchev–Trinajstić information content (AvgIpc) is 2.15. The molecule has 1 heterocycles. The van der Waals surface area contributed by atoms with Gasteiger partial charge in [0.25, 0.3) is 0 Å². The van der Waals surface area contributed by atoms with Gasteiger partial charge in [0.2, 0.25) is 21.8 Å². The molecule has 1 aromatic heterocycles. The molecule has 0 saturated heterocycles. The van der Waals surface area contributed by atoms with Crippen LogP contribution in [0.15, 0.2) is 12.3 Å². The van der Waals surface area contributed by atoms with Gasteiger partial charge >= 0.3 is 0 Å². The minimum atomic E-state index is -3.70. The van der Waals surface area contributed by atoms with Crippen molar-refractivity contribution in [3.63, 3.8) is 0 Å². The SMILES string of the molecule is Bc1cnc(OC)c(N(C(C)=O)S(C)(=O)=O)c1. The first-order chi connectivity index (χ1) is 7.77. The van der Waals surface area contributed by atoms with Crippen LogP contribution in [0.5, 0.6) is 5.88 Å². The molecule has 0 saturated carbocycles. The van der Waals surface area contributed by atoms with E-state index in [1.54, 1.807) is 7.85 Å². The monoisotopic (exact) mass is 256 g/mol. The number of carbonyl (C=O) groups excluding carboxylic acids is 1. The van der Waals surface area contributed by atoms with Crippen LogP contribution < -0.4 is 14.5 Å². The lowest BCUT2D eigenvalue weighted by Gasteiger charge is -2.20. The molecule has 0 fully saturated rings. The number of sulfonamides is 1. The summed E-state index contributed by atoms with van der Waals surface area (Å²) < 4.78 is 28.8. The summed E-state index contributed by atoms with van der Waals surface area (Å²) in [6, 6.07) is 1.54. The summed E-state index contributed by atoms with van der Waals surface area (Å²) in [6.45, 7) is 1.17. The summed E-state index contributed by atoms with van der Waals surface area (Å²) >= 11 is 0. The van der Waals surface area contributed by atoms with Gasteiger partial charge in [-0.2, -0.15) is 0 Å². The first-order valence-corrected chi connectivity index (χ1v) is 6.63. The molecule has 0 N–H and O–H groups in total. The molecular weight excluding hydrogens is 243 g/mol. The summed E-state index contributed by atoms with van der Waals surface area (Å²) in [5.41, 5.74) is 0.859. The Kier molecular flexibility index (Phi) is 3.77. The van der Waals surface area contributed by atoms with E-state index in [1.807, 2.05) is 0 Å². The Hall–Kier alpha value is -1.57. The second-order valence-corrected chi connectivity index (χ2v) is 5.42. The molecule has 6 nitrogen and oxygen atoms in total. The first-order valence-electron chi connectivity index (χ1n) is 4.79. The van der Waals surface area contributed by atoms with Gasteiger partial charge in [-0.25, -0.2) is 17.7 Å². The van der Waals surface area contributed by atoms with Gasteiger partial charge in [0, 0.05) is 13.1 Å². The molecule has 0 radical (unpaired) electrons. The van der Waals surface area contributed by atoms with E-state index >= 15 is 0 Å². The fourth-order valence-corrected chi connectivity index (χ4v) is 2.38. The summed E-state index contributed by atoms with van der Waals surface area (Å²) in [5, 5.41) is 0. The number of methoxy groups -OCH3 is 1. The number of pyridine rings is 1. The van der Waals surface area contributed by atoms with Gasteiger partial charge in [-0.05, 0) is 6.07 Å². The molecule has 92 valence electrons. The van der Waals surface area contributed by atoms with E-state index in [0.29, 0.717) is 4.31 Å². The van der Waals surface area contributed by atoms with Crippen molar-refractivity contribution in [2.24, 2.45) is 0 Å². The van der Waals surface area contributed by atoms with Crippen LogP contribution in [0.4, 0.5) is 5.69 Å². The Morgan fingerprint density at radius 3 is 2.53 bits per heavy atom. The van der Waals surface area contributed by atoms with Crippen LogP contribution in [0.3, 0.4) is 0 Å². The third-order valence-corrected chi connectivity index (χ3v) is 3.12. The smallest absolute Gasteiger partial charge is 0.238 e. The third kappa shape index (κ3) is 2.97. The van der Waals surface area contributed by atoms with Crippen molar-refractivity contribution in [3.8, 4) is 5.88 Å². The zero-order valence-electron chi connectivity index (χ0n) is 10.1. The third-order valence-electron chi connectivity index (χ3n) is 2.00. The number of aromatic nitrogens is 1. The van der Waals surface area contributed by atoms with E-state index in [4.69, 9.17) is 4.74 Å². The normalized spacial score (nSPS) is 11.0. The molecule has 0 aromatic carbocycles. The molecule has 0 unspecified atom stereocenters. The number of hydrogen-bond donors (Lipinski definition) is 0. The Bertz CT molecular complexity index is 544. The van der Waals surface area contributed by atoms with Gasteiger partial charge in [-0.15, -0.1) is 0 Å². The Morgan fingerprint density at radius 2 is 2.12 bits per heavy atom. The van der Waals surface area contributed by atoms with Crippen molar-refractivity contribution in [1.82, 2.24) is 4.98 Å². The molecule has 1 rings (SSSR count). The maximum atomic E-state index is 11.6. The van der Waals surface area contributed by atoms with Gasteiger partial charge in [-0.1, -0.05) is 5.46 Å². The van der Waals surface area contributed by atoms with E-state index in [2.05, 4.69) is 4.98 Å². The van der Waals surface area contributed by atoms with Crippen molar-refractivity contribution in [2.45, 2.75) is 6.92 Å². The van der Waals surface area contributed by atoms with Crippen LogP contribution in [0.25, 0.3) is 0 Å². The number of carbonyl (C=O) groups is 1. The Morgan fingerprint density at radius 1 is 1.53 bits per heavy atom. The van der Waals surface area contributed by atoms with E-state index in [0.717, 1.165) is 11.7 Å². The summed E-state index contributed by atoms with van der Waals surface area (Å²) in [5.74, 6) is -0.519. The van der Waals surface area contributed by atoms with Crippen LogP contribution in [0.1, 0.15) is 6.92 Å². The zero-order chi connectivity index (χ0) is 13.2. The minimum absolute atomic E-state index is 0.0937. The number of rotatable bonds is 3. The standard InChI is InChI=1S/C9H13BN2O4S/c1-6(13)12(17(3,14)15)8-4-7(10)5-11-9(8)16-2/h4-5H,10H2,1-3H3. The highest BCUT2D eigenvalue weighted by atomic mass is 32.2.